The maximum absolute atomic E-state index is 12.3. The van der Waals surface area contributed by atoms with Gasteiger partial charge < -0.3 is 30.0 Å². The number of rotatable bonds is 11. The molecule has 10 nitrogen and oxygen atoms in total. The van der Waals surface area contributed by atoms with Crippen molar-refractivity contribution in [2.45, 2.75) is 30.9 Å². The number of carbonyl (C=O) groups excluding carboxylic acids is 3. The molecule has 2 atom stereocenters. The van der Waals surface area contributed by atoms with Crippen molar-refractivity contribution in [3.8, 4) is 11.1 Å². The molecule has 0 radical (unpaired) electrons. The molecule has 0 aliphatic heterocycles. The summed E-state index contributed by atoms with van der Waals surface area (Å²) in [6, 6.07) is 14.5. The van der Waals surface area contributed by atoms with Crippen molar-refractivity contribution in [1.82, 2.24) is 10.6 Å². The highest BCUT2D eigenvalue weighted by atomic mass is 16.5. The van der Waals surface area contributed by atoms with E-state index in [-0.39, 0.29) is 25.5 Å². The minimum atomic E-state index is -1.43. The van der Waals surface area contributed by atoms with Crippen molar-refractivity contribution in [1.29, 1.82) is 0 Å². The van der Waals surface area contributed by atoms with Crippen LogP contribution in [0.3, 0.4) is 0 Å². The molecule has 1 aliphatic rings. The second-order valence-electron chi connectivity index (χ2n) is 8.01. The molecule has 2 aromatic rings. The number of hydrogen-bond acceptors (Lipinski definition) is 7. The van der Waals surface area contributed by atoms with Gasteiger partial charge in [0.05, 0.1) is 26.1 Å². The Kier molecular flexibility index (Phi) is 8.80. The third-order valence-corrected chi connectivity index (χ3v) is 5.80. The number of carboxylic acid groups (broad SMARTS) is 1. The highest BCUT2D eigenvalue weighted by Crippen LogP contribution is 2.44. The van der Waals surface area contributed by atoms with E-state index in [0.717, 1.165) is 29.4 Å². The summed E-state index contributed by atoms with van der Waals surface area (Å²) in [5.74, 6) is -2.87. The van der Waals surface area contributed by atoms with Crippen LogP contribution < -0.4 is 10.6 Å². The Morgan fingerprint density at radius 1 is 0.943 bits per heavy atom. The summed E-state index contributed by atoms with van der Waals surface area (Å²) in [6.45, 7) is 0.112. The van der Waals surface area contributed by atoms with Gasteiger partial charge in [-0.3, -0.25) is 9.59 Å². The molecule has 186 valence electrons. The van der Waals surface area contributed by atoms with Crippen molar-refractivity contribution in [3.63, 3.8) is 0 Å². The first-order valence-electron chi connectivity index (χ1n) is 11.0. The van der Waals surface area contributed by atoms with Crippen LogP contribution in [-0.2, 0) is 28.6 Å². The van der Waals surface area contributed by atoms with E-state index < -0.39 is 42.5 Å². The van der Waals surface area contributed by atoms with E-state index in [1.54, 1.807) is 0 Å². The number of esters is 1. The highest BCUT2D eigenvalue weighted by molar-refractivity contribution is 5.87. The van der Waals surface area contributed by atoms with Crippen LogP contribution in [0.15, 0.2) is 48.5 Å². The molecule has 0 aromatic heterocycles. The van der Waals surface area contributed by atoms with Crippen LogP contribution in [0.4, 0.5) is 4.79 Å². The van der Waals surface area contributed by atoms with Crippen LogP contribution >= 0.6 is 0 Å². The summed E-state index contributed by atoms with van der Waals surface area (Å²) in [5, 5.41) is 14.0. The van der Waals surface area contributed by atoms with E-state index in [4.69, 9.17) is 9.47 Å². The van der Waals surface area contributed by atoms with E-state index in [1.165, 1.54) is 7.11 Å². The molecule has 2 amide bonds. The Morgan fingerprint density at radius 2 is 1.54 bits per heavy atom. The molecule has 1 aliphatic carbocycles. The maximum atomic E-state index is 12.3. The van der Waals surface area contributed by atoms with Gasteiger partial charge in [-0.05, 0) is 22.3 Å². The largest absolute Gasteiger partial charge is 0.480 e. The molecule has 0 saturated heterocycles. The second-order valence-corrected chi connectivity index (χ2v) is 8.01. The zero-order valence-electron chi connectivity index (χ0n) is 19.5. The molecule has 2 aromatic carbocycles. The van der Waals surface area contributed by atoms with Gasteiger partial charge in [0.15, 0.2) is 0 Å². The minimum Gasteiger partial charge on any atom is -0.480 e. The molecule has 0 heterocycles. The van der Waals surface area contributed by atoms with E-state index in [0.29, 0.717) is 0 Å². The van der Waals surface area contributed by atoms with Gasteiger partial charge in [-0.25, -0.2) is 9.59 Å². The molecule has 3 N–H and O–H groups in total. The number of carboxylic acids is 1. The van der Waals surface area contributed by atoms with Crippen LogP contribution in [0.2, 0.25) is 0 Å². The molecule has 0 fully saturated rings. The predicted molar refractivity (Wildman–Crippen MR) is 125 cm³/mol. The number of hydrogen-bond donors (Lipinski definition) is 3. The van der Waals surface area contributed by atoms with Crippen molar-refractivity contribution in [2.24, 2.45) is 0 Å². The van der Waals surface area contributed by atoms with Crippen molar-refractivity contribution < 1.29 is 38.5 Å². The fourth-order valence-corrected chi connectivity index (χ4v) is 4.00. The number of benzene rings is 2. The summed E-state index contributed by atoms with van der Waals surface area (Å²) in [4.78, 5) is 47.2. The lowest BCUT2D eigenvalue weighted by Gasteiger charge is -2.19. The smallest absolute Gasteiger partial charge is 0.407 e. The summed E-state index contributed by atoms with van der Waals surface area (Å²) in [6.07, 6.45) is -2.13. The maximum Gasteiger partial charge on any atom is 0.407 e. The standard InChI is InChI=1S/C25H28N2O8/c1-33-15(11-22(28)27-21(24(30)31)12-23(29)34-2)13-26-25(32)35-14-20-18-9-5-3-7-16(18)17-8-4-6-10-19(17)20/h3-10,15,20-21H,11-14H2,1-2H3,(H,26,32)(H,27,28)(H,30,31)/t15?,21-/m1/s1. The molecule has 3 rings (SSSR count). The Morgan fingerprint density at radius 3 is 2.09 bits per heavy atom. The van der Waals surface area contributed by atoms with Crippen molar-refractivity contribution >= 4 is 23.9 Å². The minimum absolute atomic E-state index is 0.0324. The van der Waals surface area contributed by atoms with Crippen LogP contribution in [0.25, 0.3) is 11.1 Å². The molecule has 10 heteroatoms. The summed E-state index contributed by atoms with van der Waals surface area (Å²) < 4.78 is 15.1. The first-order valence-corrected chi connectivity index (χ1v) is 11.0. The van der Waals surface area contributed by atoms with Gasteiger partial charge in [0, 0.05) is 19.6 Å². The van der Waals surface area contributed by atoms with E-state index in [2.05, 4.69) is 15.4 Å². The van der Waals surface area contributed by atoms with E-state index in [9.17, 15) is 24.3 Å². The number of methoxy groups -OCH3 is 2. The molecular weight excluding hydrogens is 456 g/mol. The van der Waals surface area contributed by atoms with Crippen LogP contribution in [0.1, 0.15) is 29.9 Å². The zero-order valence-corrected chi connectivity index (χ0v) is 19.5. The average Bonchev–Trinajstić information content (AvgIpc) is 3.18. The molecule has 0 saturated carbocycles. The highest BCUT2D eigenvalue weighted by Gasteiger charge is 2.29. The molecule has 35 heavy (non-hydrogen) atoms. The van der Waals surface area contributed by atoms with Gasteiger partial charge in [0.1, 0.15) is 12.6 Å². The van der Waals surface area contributed by atoms with Crippen LogP contribution in [0, 0.1) is 0 Å². The predicted octanol–water partition coefficient (Wildman–Crippen LogP) is 2.06. The summed E-state index contributed by atoms with van der Waals surface area (Å²) in [7, 11) is 2.49. The van der Waals surface area contributed by atoms with Crippen LogP contribution in [0.5, 0.6) is 0 Å². The second kappa shape index (κ2) is 12.0. The van der Waals surface area contributed by atoms with Crippen LogP contribution in [-0.4, -0.2) is 68.6 Å². The number of aliphatic carboxylic acids is 1. The number of alkyl carbamates (subject to hydrolysis) is 1. The first kappa shape index (κ1) is 25.7. The summed E-state index contributed by atoms with van der Waals surface area (Å²) >= 11 is 0. The van der Waals surface area contributed by atoms with E-state index in [1.807, 2.05) is 48.5 Å². The monoisotopic (exact) mass is 484 g/mol. The quantitative estimate of drug-likeness (QED) is 0.412. The van der Waals surface area contributed by atoms with Gasteiger partial charge in [0.25, 0.3) is 0 Å². The van der Waals surface area contributed by atoms with Gasteiger partial charge >= 0.3 is 18.0 Å². The fraction of sp³-hybridized carbons (Fsp3) is 0.360. The lowest BCUT2D eigenvalue weighted by atomic mass is 9.98. The van der Waals surface area contributed by atoms with E-state index >= 15 is 0 Å². The Balaban J connectivity index is 1.49. The van der Waals surface area contributed by atoms with Gasteiger partial charge in [0.2, 0.25) is 5.91 Å². The Hall–Kier alpha value is -3.92. The topological polar surface area (TPSA) is 140 Å². The Bertz CT molecular complexity index is 1040. The van der Waals surface area contributed by atoms with Crippen molar-refractivity contribution in [2.75, 3.05) is 27.4 Å². The third kappa shape index (κ3) is 6.57. The first-order chi connectivity index (χ1) is 16.8. The number of nitrogens with one attached hydrogen (secondary N) is 2. The van der Waals surface area contributed by atoms with Crippen molar-refractivity contribution in [3.05, 3.63) is 59.7 Å². The number of ether oxygens (including phenoxy) is 3. The molecule has 1 unspecified atom stereocenters. The fourth-order valence-electron chi connectivity index (χ4n) is 4.00. The third-order valence-electron chi connectivity index (χ3n) is 5.80. The SMILES string of the molecule is COC(=O)C[C@@H](NC(=O)CC(CNC(=O)OCC1c2ccccc2-c2ccccc21)OC)C(=O)O. The average molecular weight is 485 g/mol. The van der Waals surface area contributed by atoms with Gasteiger partial charge in [-0.1, -0.05) is 48.5 Å². The number of carbonyl (C=O) groups is 4. The number of amides is 2. The molecule has 0 bridgehead atoms. The lowest BCUT2D eigenvalue weighted by molar-refractivity contribution is -0.149. The molecule has 0 spiro atoms. The normalized spacial score (nSPS) is 13.7. The van der Waals surface area contributed by atoms with Gasteiger partial charge in [-0.2, -0.15) is 0 Å². The molecular formula is C25H28N2O8. The number of fused-ring (bicyclic) bond motifs is 3. The lowest BCUT2D eigenvalue weighted by Crippen LogP contribution is -2.44. The zero-order chi connectivity index (χ0) is 25.4. The van der Waals surface area contributed by atoms with Gasteiger partial charge in [-0.15, -0.1) is 0 Å². The Labute approximate surface area is 202 Å². The summed E-state index contributed by atoms with van der Waals surface area (Å²) in [5.41, 5.74) is 4.42.